The lowest BCUT2D eigenvalue weighted by molar-refractivity contribution is -0.141. The van der Waals surface area contributed by atoms with Crippen LogP contribution in [-0.4, -0.2) is 31.3 Å². The number of ether oxygens (including phenoxy) is 2. The molecular formula is C17H21ClN2O4. The third kappa shape index (κ3) is 4.72. The fourth-order valence-electron chi connectivity index (χ4n) is 2.37. The van der Waals surface area contributed by atoms with Crippen LogP contribution in [0, 0.1) is 0 Å². The van der Waals surface area contributed by atoms with Crippen molar-refractivity contribution in [3.63, 3.8) is 0 Å². The van der Waals surface area contributed by atoms with Crippen molar-refractivity contribution in [2.24, 2.45) is 0 Å². The van der Waals surface area contributed by atoms with E-state index in [1.807, 2.05) is 13.8 Å². The lowest BCUT2D eigenvalue weighted by Gasteiger charge is -2.28. The highest BCUT2D eigenvalue weighted by Gasteiger charge is 2.32. The fraction of sp³-hybridized carbons (Fsp3) is 0.412. The van der Waals surface area contributed by atoms with Gasteiger partial charge in [0.2, 0.25) is 0 Å². The molecule has 0 saturated carbocycles. The van der Waals surface area contributed by atoms with Crippen LogP contribution in [0.5, 0.6) is 0 Å². The third-order valence-corrected chi connectivity index (χ3v) is 3.71. The van der Waals surface area contributed by atoms with E-state index in [9.17, 15) is 9.59 Å². The van der Waals surface area contributed by atoms with Crippen LogP contribution in [0.15, 0.2) is 35.5 Å². The molecule has 1 aliphatic rings. The second-order valence-electron chi connectivity index (χ2n) is 5.68. The van der Waals surface area contributed by atoms with E-state index in [-0.39, 0.29) is 18.7 Å². The number of esters is 1. The molecule has 0 radical (unpaired) electrons. The molecular weight excluding hydrogens is 332 g/mol. The quantitative estimate of drug-likeness (QED) is 0.609. The maximum atomic E-state index is 12.5. The van der Waals surface area contributed by atoms with Crippen LogP contribution < -0.4 is 10.6 Å². The Balaban J connectivity index is 2.16. The second kappa shape index (κ2) is 8.17. The zero-order valence-electron chi connectivity index (χ0n) is 13.9. The first-order valence-electron chi connectivity index (χ1n) is 7.71. The molecule has 1 aromatic carbocycles. The van der Waals surface area contributed by atoms with Crippen LogP contribution >= 0.6 is 11.6 Å². The molecule has 1 atom stereocenters. The monoisotopic (exact) mass is 352 g/mol. The highest BCUT2D eigenvalue weighted by Crippen LogP contribution is 2.28. The van der Waals surface area contributed by atoms with Crippen molar-refractivity contribution in [3.8, 4) is 0 Å². The van der Waals surface area contributed by atoms with E-state index in [0.717, 1.165) is 5.56 Å². The summed E-state index contributed by atoms with van der Waals surface area (Å²) in [6.07, 6.45) is 0.0714. The number of benzene rings is 1. The Kier molecular flexibility index (Phi) is 6.23. The Hall–Kier alpha value is -2.05. The summed E-state index contributed by atoms with van der Waals surface area (Å²) in [6.45, 7) is 5.95. The first-order valence-corrected chi connectivity index (χ1v) is 8.08. The van der Waals surface area contributed by atoms with Gasteiger partial charge in [0.15, 0.2) is 0 Å². The SMILES string of the molecule is CC1=C(C(=O)OCCOC(C)C)C(c2ccc(Cl)cc2)NC(=O)N1. The number of halogens is 1. The van der Waals surface area contributed by atoms with Gasteiger partial charge in [-0.2, -0.15) is 0 Å². The molecule has 7 heteroatoms. The van der Waals surface area contributed by atoms with Gasteiger partial charge in [0.1, 0.15) is 6.61 Å². The number of carbonyl (C=O) groups excluding carboxylic acids is 2. The molecule has 1 heterocycles. The van der Waals surface area contributed by atoms with Crippen molar-refractivity contribution >= 4 is 23.6 Å². The lowest BCUT2D eigenvalue weighted by atomic mass is 9.96. The van der Waals surface area contributed by atoms with Gasteiger partial charge in [0.25, 0.3) is 0 Å². The zero-order valence-corrected chi connectivity index (χ0v) is 14.6. The summed E-state index contributed by atoms with van der Waals surface area (Å²) in [6, 6.07) is 5.99. The van der Waals surface area contributed by atoms with E-state index in [0.29, 0.717) is 22.9 Å². The van der Waals surface area contributed by atoms with Crippen molar-refractivity contribution in [1.29, 1.82) is 0 Å². The second-order valence-corrected chi connectivity index (χ2v) is 6.11. The average Bonchev–Trinajstić information content (AvgIpc) is 2.51. The molecule has 1 aromatic rings. The molecule has 0 aromatic heterocycles. The summed E-state index contributed by atoms with van der Waals surface area (Å²) in [5.74, 6) is -0.493. The van der Waals surface area contributed by atoms with E-state index in [1.54, 1.807) is 31.2 Å². The van der Waals surface area contributed by atoms with Crippen molar-refractivity contribution < 1.29 is 19.1 Å². The minimum absolute atomic E-state index is 0.0714. The van der Waals surface area contributed by atoms with Crippen LogP contribution in [0.1, 0.15) is 32.4 Å². The Morgan fingerprint density at radius 3 is 2.54 bits per heavy atom. The minimum atomic E-state index is -0.588. The van der Waals surface area contributed by atoms with Gasteiger partial charge in [-0.3, -0.25) is 0 Å². The molecule has 0 aliphatic carbocycles. The van der Waals surface area contributed by atoms with Crippen LogP contribution in [-0.2, 0) is 14.3 Å². The first kappa shape index (κ1) is 18.3. The molecule has 2 N–H and O–H groups in total. The van der Waals surface area contributed by atoms with Crippen LogP contribution in [0.3, 0.4) is 0 Å². The van der Waals surface area contributed by atoms with Crippen molar-refractivity contribution in [1.82, 2.24) is 10.6 Å². The predicted molar refractivity (Wildman–Crippen MR) is 90.6 cm³/mol. The number of urea groups is 1. The number of amides is 2. The van der Waals surface area contributed by atoms with E-state index in [2.05, 4.69) is 10.6 Å². The molecule has 24 heavy (non-hydrogen) atoms. The van der Waals surface area contributed by atoms with Gasteiger partial charge in [0.05, 0.1) is 24.3 Å². The number of hydrogen-bond acceptors (Lipinski definition) is 4. The van der Waals surface area contributed by atoms with Crippen LogP contribution in [0.25, 0.3) is 0 Å². The molecule has 6 nitrogen and oxygen atoms in total. The summed E-state index contributed by atoms with van der Waals surface area (Å²) < 4.78 is 10.6. The predicted octanol–water partition coefficient (Wildman–Crippen LogP) is 2.94. The summed E-state index contributed by atoms with van der Waals surface area (Å²) in [5.41, 5.74) is 1.58. The fourth-order valence-corrected chi connectivity index (χ4v) is 2.49. The van der Waals surface area contributed by atoms with Gasteiger partial charge in [0, 0.05) is 10.7 Å². The number of hydrogen-bond donors (Lipinski definition) is 2. The summed E-state index contributed by atoms with van der Waals surface area (Å²) in [7, 11) is 0. The third-order valence-electron chi connectivity index (χ3n) is 3.46. The van der Waals surface area contributed by atoms with E-state index < -0.39 is 12.0 Å². The zero-order chi connectivity index (χ0) is 17.7. The van der Waals surface area contributed by atoms with Gasteiger partial charge < -0.3 is 20.1 Å². The number of rotatable bonds is 6. The Morgan fingerprint density at radius 2 is 1.92 bits per heavy atom. The molecule has 2 amide bonds. The first-order chi connectivity index (χ1) is 11.4. The van der Waals surface area contributed by atoms with Crippen molar-refractivity contribution in [3.05, 3.63) is 46.1 Å². The van der Waals surface area contributed by atoms with Crippen LogP contribution in [0.2, 0.25) is 5.02 Å². The van der Waals surface area contributed by atoms with Gasteiger partial charge >= 0.3 is 12.0 Å². The average molecular weight is 353 g/mol. The van der Waals surface area contributed by atoms with E-state index in [1.165, 1.54) is 0 Å². The summed E-state index contributed by atoms with van der Waals surface area (Å²) in [5, 5.41) is 5.92. The topological polar surface area (TPSA) is 76.7 Å². The Labute approximate surface area is 146 Å². The molecule has 1 unspecified atom stereocenters. The van der Waals surface area contributed by atoms with Gasteiger partial charge in [-0.05, 0) is 38.5 Å². The molecule has 0 fully saturated rings. The highest BCUT2D eigenvalue weighted by atomic mass is 35.5. The largest absolute Gasteiger partial charge is 0.460 e. The van der Waals surface area contributed by atoms with E-state index >= 15 is 0 Å². The van der Waals surface area contributed by atoms with Crippen molar-refractivity contribution in [2.75, 3.05) is 13.2 Å². The number of carbonyl (C=O) groups is 2. The smallest absolute Gasteiger partial charge is 0.338 e. The Morgan fingerprint density at radius 1 is 1.25 bits per heavy atom. The number of nitrogens with one attached hydrogen (secondary N) is 2. The lowest BCUT2D eigenvalue weighted by Crippen LogP contribution is -2.45. The van der Waals surface area contributed by atoms with Gasteiger partial charge in [-0.1, -0.05) is 23.7 Å². The molecule has 0 saturated heterocycles. The molecule has 1 aliphatic heterocycles. The standard InChI is InChI=1S/C17H21ClN2O4/c1-10(2)23-8-9-24-16(21)14-11(3)19-17(22)20-15(14)12-4-6-13(18)7-5-12/h4-7,10,15H,8-9H2,1-3H3,(H2,19,20,22). The minimum Gasteiger partial charge on any atom is -0.460 e. The highest BCUT2D eigenvalue weighted by molar-refractivity contribution is 6.30. The normalized spacial score (nSPS) is 17.5. The maximum absolute atomic E-state index is 12.5. The molecule has 0 bridgehead atoms. The van der Waals surface area contributed by atoms with Gasteiger partial charge in [-0.15, -0.1) is 0 Å². The molecule has 2 rings (SSSR count). The summed E-state index contributed by atoms with van der Waals surface area (Å²) in [4.78, 5) is 24.2. The maximum Gasteiger partial charge on any atom is 0.338 e. The Bertz CT molecular complexity index is 640. The number of allylic oxidation sites excluding steroid dienone is 1. The van der Waals surface area contributed by atoms with Gasteiger partial charge in [-0.25, -0.2) is 9.59 Å². The van der Waals surface area contributed by atoms with Crippen LogP contribution in [0.4, 0.5) is 4.79 Å². The van der Waals surface area contributed by atoms with Crippen molar-refractivity contribution in [2.45, 2.75) is 32.9 Å². The molecule has 0 spiro atoms. The van der Waals surface area contributed by atoms with E-state index in [4.69, 9.17) is 21.1 Å². The molecule has 130 valence electrons. The summed E-state index contributed by atoms with van der Waals surface area (Å²) >= 11 is 5.90.